The molecule has 5 nitrogen and oxygen atoms in total. The molecule has 0 spiro atoms. The highest BCUT2D eigenvalue weighted by molar-refractivity contribution is 5.90. The van der Waals surface area contributed by atoms with Gasteiger partial charge in [-0.25, -0.2) is 13.8 Å². The van der Waals surface area contributed by atoms with Crippen LogP contribution in [0.1, 0.15) is 23.5 Å². The maximum absolute atomic E-state index is 13.3. The largest absolute Gasteiger partial charge is 0.432 e. The van der Waals surface area contributed by atoms with Crippen LogP contribution >= 0.6 is 0 Å². The number of hydrogen-bond donors (Lipinski definition) is 1. The smallest absolute Gasteiger partial charge is 0.307 e. The average molecular weight is 333 g/mol. The fourth-order valence-electron chi connectivity index (χ4n) is 3.52. The Kier molecular flexibility index (Phi) is 3.80. The summed E-state index contributed by atoms with van der Waals surface area (Å²) < 4.78 is 31.7. The zero-order valence-corrected chi connectivity index (χ0v) is 13.0. The summed E-state index contributed by atoms with van der Waals surface area (Å²) in [6, 6.07) is 3.53. The maximum Gasteiger partial charge on any atom is 0.307 e. The second-order valence-electron chi connectivity index (χ2n) is 6.38. The lowest BCUT2D eigenvalue weighted by atomic mass is 9.84. The van der Waals surface area contributed by atoms with Crippen molar-refractivity contribution < 1.29 is 18.0 Å². The number of nitrogens with one attached hydrogen (secondary N) is 1. The molecule has 1 aromatic heterocycles. The molecule has 2 bridgehead atoms. The van der Waals surface area contributed by atoms with Crippen molar-refractivity contribution in [1.29, 1.82) is 0 Å². The molecular formula is C17H17F2N3O2. The number of amides is 1. The molecule has 0 radical (unpaired) electrons. The summed E-state index contributed by atoms with van der Waals surface area (Å²) >= 11 is 0. The first kappa shape index (κ1) is 15.3. The average Bonchev–Trinajstić information content (AvgIpc) is 3.09. The van der Waals surface area contributed by atoms with Gasteiger partial charge in [-0.2, -0.15) is 0 Å². The fraction of sp³-hybridized carbons (Fsp3) is 0.412. The minimum atomic E-state index is -0.970. The van der Waals surface area contributed by atoms with E-state index in [0.29, 0.717) is 11.5 Å². The van der Waals surface area contributed by atoms with Crippen molar-refractivity contribution in [3.05, 3.63) is 41.9 Å². The lowest BCUT2D eigenvalue weighted by Gasteiger charge is -2.44. The lowest BCUT2D eigenvalue weighted by Crippen LogP contribution is -2.57. The summed E-state index contributed by atoms with van der Waals surface area (Å²) in [5, 5.41) is 2.98. The molecule has 2 aromatic rings. The first-order valence-corrected chi connectivity index (χ1v) is 8.04. The first-order valence-electron chi connectivity index (χ1n) is 8.04. The van der Waals surface area contributed by atoms with E-state index in [-0.39, 0.29) is 23.6 Å². The van der Waals surface area contributed by atoms with Crippen molar-refractivity contribution >= 4 is 5.91 Å². The predicted molar refractivity (Wildman–Crippen MR) is 82.3 cm³/mol. The van der Waals surface area contributed by atoms with Crippen LogP contribution in [0.15, 0.2) is 28.8 Å². The van der Waals surface area contributed by atoms with Crippen LogP contribution in [0.25, 0.3) is 11.3 Å². The van der Waals surface area contributed by atoms with Gasteiger partial charge in [-0.3, -0.25) is 4.79 Å². The SMILES string of the molecule is O=C(N[C@H]1CN2CCC1CC2)c1ncc(-c2ccc(F)c(F)c2)o1. The third kappa shape index (κ3) is 2.80. The monoisotopic (exact) mass is 333 g/mol. The predicted octanol–water partition coefficient (Wildman–Crippen LogP) is 2.44. The third-order valence-electron chi connectivity index (χ3n) is 4.88. The second kappa shape index (κ2) is 5.98. The Hall–Kier alpha value is -2.28. The molecule has 0 saturated carbocycles. The zero-order valence-electron chi connectivity index (χ0n) is 13.0. The van der Waals surface area contributed by atoms with Crippen LogP contribution in [0.2, 0.25) is 0 Å². The van der Waals surface area contributed by atoms with Gasteiger partial charge >= 0.3 is 5.91 Å². The van der Waals surface area contributed by atoms with Gasteiger partial charge in [0.1, 0.15) is 0 Å². The zero-order chi connectivity index (χ0) is 16.7. The molecule has 3 saturated heterocycles. The van der Waals surface area contributed by atoms with Crippen LogP contribution in [0.4, 0.5) is 8.78 Å². The Morgan fingerprint density at radius 3 is 2.71 bits per heavy atom. The summed E-state index contributed by atoms with van der Waals surface area (Å²) in [6.07, 6.45) is 3.53. The van der Waals surface area contributed by atoms with Gasteiger partial charge in [-0.15, -0.1) is 0 Å². The molecule has 1 atom stereocenters. The van der Waals surface area contributed by atoms with Crippen molar-refractivity contribution in [1.82, 2.24) is 15.2 Å². The van der Waals surface area contributed by atoms with E-state index in [1.54, 1.807) is 0 Å². The normalized spacial score (nSPS) is 25.7. The highest BCUT2D eigenvalue weighted by Crippen LogP contribution is 2.28. The molecule has 1 N–H and O–H groups in total. The molecular weight excluding hydrogens is 316 g/mol. The van der Waals surface area contributed by atoms with Gasteiger partial charge in [0.2, 0.25) is 0 Å². The lowest BCUT2D eigenvalue weighted by molar-refractivity contribution is 0.0602. The number of piperidine rings is 3. The number of oxazole rings is 1. The van der Waals surface area contributed by atoms with Crippen molar-refractivity contribution in [3.8, 4) is 11.3 Å². The maximum atomic E-state index is 13.3. The minimum absolute atomic E-state index is 0.0637. The van der Waals surface area contributed by atoms with Gasteiger partial charge in [0, 0.05) is 18.2 Å². The van der Waals surface area contributed by atoms with Gasteiger partial charge in [-0.1, -0.05) is 0 Å². The summed E-state index contributed by atoms with van der Waals surface area (Å²) in [5.41, 5.74) is 0.336. The number of halogens is 2. The van der Waals surface area contributed by atoms with Crippen LogP contribution in [0, 0.1) is 17.6 Å². The molecule has 0 aliphatic carbocycles. The molecule has 3 aliphatic heterocycles. The van der Waals surface area contributed by atoms with E-state index in [4.69, 9.17) is 4.42 Å². The molecule has 1 amide bonds. The van der Waals surface area contributed by atoms with E-state index in [0.717, 1.165) is 44.6 Å². The third-order valence-corrected chi connectivity index (χ3v) is 4.88. The van der Waals surface area contributed by atoms with E-state index in [1.807, 2.05) is 0 Å². The van der Waals surface area contributed by atoms with E-state index >= 15 is 0 Å². The van der Waals surface area contributed by atoms with Gasteiger partial charge < -0.3 is 14.6 Å². The Bertz CT molecular complexity index is 769. The molecule has 5 rings (SSSR count). The Labute approximate surface area is 137 Å². The van der Waals surface area contributed by atoms with Crippen molar-refractivity contribution in [3.63, 3.8) is 0 Å². The van der Waals surface area contributed by atoms with Crippen LogP contribution in [0.3, 0.4) is 0 Å². The van der Waals surface area contributed by atoms with E-state index in [2.05, 4.69) is 15.2 Å². The van der Waals surface area contributed by atoms with Crippen LogP contribution in [0.5, 0.6) is 0 Å². The molecule has 1 aromatic carbocycles. The van der Waals surface area contributed by atoms with Crippen LogP contribution < -0.4 is 5.32 Å². The molecule has 4 heterocycles. The summed E-state index contributed by atoms with van der Waals surface area (Å²) in [6.45, 7) is 3.04. The number of benzene rings is 1. The van der Waals surface area contributed by atoms with Gasteiger partial charge in [0.25, 0.3) is 5.89 Å². The molecule has 0 unspecified atom stereocenters. The fourth-order valence-corrected chi connectivity index (χ4v) is 3.52. The molecule has 3 fully saturated rings. The number of nitrogens with zero attached hydrogens (tertiary/aromatic N) is 2. The number of aromatic nitrogens is 1. The number of carbonyl (C=O) groups excluding carboxylic acids is 1. The topological polar surface area (TPSA) is 58.4 Å². The second-order valence-corrected chi connectivity index (χ2v) is 6.38. The molecule has 3 aliphatic rings. The highest BCUT2D eigenvalue weighted by atomic mass is 19.2. The number of hydrogen-bond acceptors (Lipinski definition) is 4. The van der Waals surface area contributed by atoms with Gasteiger partial charge in [0.15, 0.2) is 17.4 Å². The Balaban J connectivity index is 1.48. The van der Waals surface area contributed by atoms with Crippen LogP contribution in [-0.2, 0) is 0 Å². The quantitative estimate of drug-likeness (QED) is 0.937. The minimum Gasteiger partial charge on any atom is -0.432 e. The Morgan fingerprint density at radius 1 is 1.25 bits per heavy atom. The summed E-state index contributed by atoms with van der Waals surface area (Å²) in [7, 11) is 0. The van der Waals surface area contributed by atoms with E-state index in [9.17, 15) is 13.6 Å². The standard InChI is InChI=1S/C17H17F2N3O2/c18-12-2-1-11(7-13(12)19)15-8-20-17(24-15)16(23)21-14-9-22-5-3-10(14)4-6-22/h1-2,7-8,10,14H,3-6,9H2,(H,21,23)/t14-/m0/s1. The Morgan fingerprint density at radius 2 is 2.04 bits per heavy atom. The summed E-state index contributed by atoms with van der Waals surface area (Å²) in [4.78, 5) is 18.6. The van der Waals surface area contributed by atoms with Gasteiger partial charge in [0.05, 0.1) is 6.20 Å². The summed E-state index contributed by atoms with van der Waals surface area (Å²) in [5.74, 6) is -1.61. The highest BCUT2D eigenvalue weighted by Gasteiger charge is 2.35. The number of carbonyl (C=O) groups is 1. The first-order chi connectivity index (χ1) is 11.6. The number of fused-ring (bicyclic) bond motifs is 3. The van der Waals surface area contributed by atoms with Crippen molar-refractivity contribution in [2.45, 2.75) is 18.9 Å². The van der Waals surface area contributed by atoms with E-state index in [1.165, 1.54) is 12.3 Å². The van der Waals surface area contributed by atoms with E-state index < -0.39 is 11.6 Å². The van der Waals surface area contributed by atoms with Crippen molar-refractivity contribution in [2.75, 3.05) is 19.6 Å². The molecule has 7 heteroatoms. The molecule has 24 heavy (non-hydrogen) atoms. The van der Waals surface area contributed by atoms with Gasteiger partial charge in [-0.05, 0) is 50.0 Å². The van der Waals surface area contributed by atoms with Crippen LogP contribution in [-0.4, -0.2) is 41.5 Å². The number of rotatable bonds is 3. The molecule has 126 valence electrons. The van der Waals surface area contributed by atoms with Crippen molar-refractivity contribution in [2.24, 2.45) is 5.92 Å².